The SMILES string of the molecule is CC[C@H](C)C(NC(=O)[C@@H](C)NC(=O)[C@H](Cc1cnc[nH]1)NC(=O)[C@@H](CSC1CC(=O)N(CC2CCC(C(C)=O)CC2)C1=O)NC(C)=O)C(=O)N[C@@H](Cc1ccc(O)cc1)C(=O)N1CCC[C@H]1C(=O)N[C@@H](CCCNC(=N)N)C(=O)N[C@@H](Cc1cnc[nH]1)C(=O)O. The summed E-state index contributed by atoms with van der Waals surface area (Å²) in [6, 6.07) is -4.81. The topological polar surface area (TPSA) is 455 Å². The van der Waals surface area contributed by atoms with Crippen LogP contribution < -0.4 is 48.3 Å². The Balaban J connectivity index is 1.13. The molecule has 90 heavy (non-hydrogen) atoms. The quantitative estimate of drug-likeness (QED) is 0.0150. The highest BCUT2D eigenvalue weighted by molar-refractivity contribution is 8.00. The number of amides is 10. The number of imidazole rings is 2. The molecule has 1 saturated carbocycles. The molecule has 10 amide bonds. The lowest BCUT2D eigenvalue weighted by atomic mass is 9.80. The number of hydrogen-bond donors (Lipinski definition) is 14. The number of carboxylic acid groups (broad SMARTS) is 1. The van der Waals surface area contributed by atoms with Gasteiger partial charge in [-0.2, -0.15) is 0 Å². The molecule has 2 saturated heterocycles. The summed E-state index contributed by atoms with van der Waals surface area (Å²) in [4.78, 5) is 179. The normalized spacial score (nSPS) is 20.0. The van der Waals surface area contributed by atoms with Gasteiger partial charge in [0.2, 0.25) is 59.1 Å². The van der Waals surface area contributed by atoms with Crippen molar-refractivity contribution in [3.8, 4) is 5.75 Å². The minimum absolute atomic E-state index is 0.0279. The maximum absolute atomic E-state index is 14.9. The number of hydrogen-bond acceptors (Lipinski definition) is 17. The van der Waals surface area contributed by atoms with Crippen LogP contribution in [0.4, 0.5) is 0 Å². The predicted octanol–water partition coefficient (Wildman–Crippen LogP) is -1.06. The number of phenols is 1. The Labute approximate surface area is 524 Å². The van der Waals surface area contributed by atoms with Crippen molar-refractivity contribution in [1.29, 1.82) is 5.41 Å². The van der Waals surface area contributed by atoms with Crippen LogP contribution in [-0.4, -0.2) is 196 Å². The number of carbonyl (C=O) groups is 12. The number of imide groups is 1. The fourth-order valence-corrected chi connectivity index (χ4v) is 12.3. The van der Waals surface area contributed by atoms with Crippen LogP contribution in [0.2, 0.25) is 0 Å². The number of aromatic nitrogens is 4. The molecule has 0 bridgehead atoms. The number of H-pyrrole nitrogens is 2. The molecular weight excluding hydrogens is 1190 g/mol. The number of thioether (sulfide) groups is 1. The molecule has 1 aromatic carbocycles. The number of likely N-dealkylation sites (tertiary alicyclic amines) is 2. The maximum Gasteiger partial charge on any atom is 0.326 e. The summed E-state index contributed by atoms with van der Waals surface area (Å²) in [7, 11) is 0. The molecule has 10 atom stereocenters. The molecule has 6 rings (SSSR count). The number of aromatic hydroxyl groups is 1. The van der Waals surface area contributed by atoms with E-state index in [1.54, 1.807) is 20.8 Å². The Kier molecular flexibility index (Phi) is 26.2. The van der Waals surface area contributed by atoms with Crippen molar-refractivity contribution in [1.82, 2.24) is 72.3 Å². The molecule has 1 aliphatic carbocycles. The van der Waals surface area contributed by atoms with Gasteiger partial charge in [-0.05, 0) is 94.7 Å². The average Bonchev–Trinajstić information content (AvgIpc) is 1.76. The van der Waals surface area contributed by atoms with Crippen LogP contribution in [0.25, 0.3) is 0 Å². The zero-order valence-electron chi connectivity index (χ0n) is 51.1. The van der Waals surface area contributed by atoms with Gasteiger partial charge in [0.05, 0.1) is 17.9 Å². The van der Waals surface area contributed by atoms with Crippen LogP contribution in [0.1, 0.15) is 116 Å². The summed E-state index contributed by atoms with van der Waals surface area (Å²) in [5, 5.41) is 47.9. The van der Waals surface area contributed by atoms with Crippen molar-refractivity contribution in [2.45, 2.75) is 172 Å². The van der Waals surface area contributed by atoms with Crippen molar-refractivity contribution >= 4 is 88.5 Å². The number of carboxylic acids is 1. The van der Waals surface area contributed by atoms with E-state index in [2.05, 4.69) is 62.5 Å². The van der Waals surface area contributed by atoms with Crippen molar-refractivity contribution in [3.63, 3.8) is 0 Å². The summed E-state index contributed by atoms with van der Waals surface area (Å²) in [5.41, 5.74) is 6.76. The van der Waals surface area contributed by atoms with Gasteiger partial charge < -0.3 is 73.3 Å². The number of nitrogens with zero attached hydrogens (tertiary/aromatic N) is 4. The Morgan fingerprint density at radius 3 is 1.94 bits per heavy atom. The molecule has 2 aliphatic heterocycles. The van der Waals surface area contributed by atoms with Gasteiger partial charge in [0.1, 0.15) is 59.9 Å². The van der Waals surface area contributed by atoms with E-state index in [9.17, 15) is 67.7 Å². The second kappa shape index (κ2) is 33.6. The molecule has 2 unspecified atom stereocenters. The number of phenolic OH excluding ortho intramolecular Hbond substituents is 1. The van der Waals surface area contributed by atoms with E-state index in [1.165, 1.54) is 73.0 Å². The van der Waals surface area contributed by atoms with Gasteiger partial charge in [0.15, 0.2) is 5.96 Å². The van der Waals surface area contributed by atoms with Gasteiger partial charge in [0.25, 0.3) is 0 Å². The zero-order valence-corrected chi connectivity index (χ0v) is 52.0. The van der Waals surface area contributed by atoms with E-state index in [0.29, 0.717) is 55.5 Å². The predicted molar refractivity (Wildman–Crippen MR) is 326 cm³/mol. The first kappa shape index (κ1) is 70.2. The third-order valence-corrected chi connectivity index (χ3v) is 17.7. The lowest BCUT2D eigenvalue weighted by Crippen LogP contribution is -2.61. The lowest BCUT2D eigenvalue weighted by molar-refractivity contribution is -0.143. The van der Waals surface area contributed by atoms with Crippen LogP contribution >= 0.6 is 11.8 Å². The third-order valence-electron chi connectivity index (χ3n) is 16.4. The van der Waals surface area contributed by atoms with Crippen LogP contribution in [0.15, 0.2) is 49.3 Å². The Morgan fingerprint density at radius 1 is 0.744 bits per heavy atom. The summed E-state index contributed by atoms with van der Waals surface area (Å²) in [6.07, 6.45) is 8.68. The maximum atomic E-state index is 14.9. The summed E-state index contributed by atoms with van der Waals surface area (Å²) in [5.74, 6) is -9.29. The molecule has 2 aromatic heterocycles. The molecule has 4 heterocycles. The molecule has 0 radical (unpaired) electrons. The molecule has 0 spiro atoms. The highest BCUT2D eigenvalue weighted by Gasteiger charge is 2.43. The van der Waals surface area contributed by atoms with E-state index in [4.69, 9.17) is 11.1 Å². The highest BCUT2D eigenvalue weighted by atomic mass is 32.2. The van der Waals surface area contributed by atoms with E-state index >= 15 is 0 Å². The highest BCUT2D eigenvalue weighted by Crippen LogP contribution is 2.33. The van der Waals surface area contributed by atoms with Gasteiger partial charge in [0, 0.05) is 87.7 Å². The molecule has 3 fully saturated rings. The summed E-state index contributed by atoms with van der Waals surface area (Å²) in [6.45, 7) is 7.96. The van der Waals surface area contributed by atoms with Crippen molar-refractivity contribution in [2.75, 3.05) is 25.4 Å². The summed E-state index contributed by atoms with van der Waals surface area (Å²) < 4.78 is 0. The van der Waals surface area contributed by atoms with Crippen molar-refractivity contribution < 1.29 is 67.7 Å². The Bertz CT molecular complexity index is 3030. The largest absolute Gasteiger partial charge is 0.508 e. The second-order valence-electron chi connectivity index (χ2n) is 23.2. The minimum atomic E-state index is -1.42. The molecule has 15 N–H and O–H groups in total. The number of nitrogens with two attached hydrogens (primary N) is 1. The molecule has 3 aliphatic rings. The number of nitrogens with one attached hydrogen (secondary N) is 11. The number of carbonyl (C=O) groups excluding carboxylic acids is 11. The van der Waals surface area contributed by atoms with E-state index < -0.39 is 119 Å². The van der Waals surface area contributed by atoms with Crippen LogP contribution in [-0.2, 0) is 76.8 Å². The number of aromatic amines is 2. The number of Topliss-reactive ketones (excluding diaryl/α,β-unsaturated/α-hetero) is 1. The monoisotopic (exact) mass is 1270 g/mol. The number of benzene rings is 1. The fraction of sp³-hybridized carbons (Fsp3) is 0.576. The van der Waals surface area contributed by atoms with Crippen molar-refractivity contribution in [2.24, 2.45) is 23.5 Å². The first-order valence-electron chi connectivity index (χ1n) is 30.2. The molecular formula is C59H84N16O14S. The minimum Gasteiger partial charge on any atom is -0.508 e. The third kappa shape index (κ3) is 20.6. The molecule has 490 valence electrons. The van der Waals surface area contributed by atoms with Crippen molar-refractivity contribution in [3.05, 3.63) is 66.3 Å². The Hall–Kier alpha value is -8.90. The molecule has 3 aromatic rings. The lowest BCUT2D eigenvalue weighted by Gasteiger charge is -2.32. The standard InChI is InChI=1S/C59H84N16O14S/c1-6-31(2)49(73-50(80)32(3)67-52(82)42(22-38-25-62-29-65-38)70-53(83)45(68-34(5)77)28-90-47-24-48(79)75(57(47)87)27-36-11-15-37(16-12-36)33(4)76)55(85)71-43(21-35-13-17-40(78)18-14-35)56(86)74-20-8-10-46(74)54(84)69-41(9-7-19-64-59(60)61)51(81)72-44(58(88)89)23-39-26-63-30-66-39/h13-14,17-18,25-26,29-32,36-37,41-47,49,78H,6-12,15-16,19-24,27-28H2,1-5H3,(H,62,65)(H,63,66)(H,67,82)(H,68,77)(H,69,84)(H,70,83)(H,71,85)(H,72,81)(H,73,80)(H,88,89)(H4,60,61,64)/t31-,32+,36?,37?,41-,42-,43-,44-,45+,46-,47?,49?/m0/s1. The molecule has 31 heteroatoms. The number of ketones is 1. The average molecular weight is 1270 g/mol. The summed E-state index contributed by atoms with van der Waals surface area (Å²) >= 11 is 1.01. The first-order valence-corrected chi connectivity index (χ1v) is 31.3. The van der Waals surface area contributed by atoms with Crippen LogP contribution in [0, 0.1) is 23.2 Å². The zero-order chi connectivity index (χ0) is 65.8. The van der Waals surface area contributed by atoms with E-state index in [-0.39, 0.29) is 106 Å². The van der Waals surface area contributed by atoms with Crippen LogP contribution in [0.3, 0.4) is 0 Å². The smallest absolute Gasteiger partial charge is 0.326 e. The van der Waals surface area contributed by atoms with Gasteiger partial charge in [-0.15, -0.1) is 11.8 Å². The van der Waals surface area contributed by atoms with Gasteiger partial charge in [-0.3, -0.25) is 63.0 Å². The number of rotatable bonds is 33. The number of guanidine groups is 1. The van der Waals surface area contributed by atoms with Gasteiger partial charge >= 0.3 is 5.97 Å². The van der Waals surface area contributed by atoms with Gasteiger partial charge in [-0.1, -0.05) is 32.4 Å². The Morgan fingerprint density at radius 2 is 1.36 bits per heavy atom. The second-order valence-corrected chi connectivity index (χ2v) is 24.5. The van der Waals surface area contributed by atoms with Crippen LogP contribution in [0.5, 0.6) is 5.75 Å². The van der Waals surface area contributed by atoms with E-state index in [1.807, 2.05) is 0 Å². The number of aliphatic carboxylic acids is 1. The van der Waals surface area contributed by atoms with Gasteiger partial charge in [-0.25, -0.2) is 14.8 Å². The fourth-order valence-electron chi connectivity index (χ4n) is 11.1. The first-order chi connectivity index (χ1) is 42.8. The van der Waals surface area contributed by atoms with E-state index in [0.717, 1.165) is 11.8 Å². The molecule has 30 nitrogen and oxygen atoms in total.